The second kappa shape index (κ2) is 6.17. The molecule has 3 heteroatoms. The number of hydrogen-bond donors (Lipinski definition) is 1. The normalized spacial score (nSPS) is 28.1. The van der Waals surface area contributed by atoms with Gasteiger partial charge < -0.3 is 10.5 Å². The van der Waals surface area contributed by atoms with Crippen molar-refractivity contribution < 1.29 is 4.74 Å². The lowest BCUT2D eigenvalue weighted by Gasteiger charge is -2.41. The van der Waals surface area contributed by atoms with Crippen molar-refractivity contribution in [3.63, 3.8) is 0 Å². The number of nitrogens with two attached hydrogens (primary N) is 1. The molecule has 2 fully saturated rings. The highest BCUT2D eigenvalue weighted by Gasteiger charge is 2.39. The monoisotopic (exact) mass is 240 g/mol. The summed E-state index contributed by atoms with van der Waals surface area (Å²) in [7, 11) is 0. The summed E-state index contributed by atoms with van der Waals surface area (Å²) in [6.07, 6.45) is 9.43. The van der Waals surface area contributed by atoms with Gasteiger partial charge in [-0.25, -0.2) is 0 Å². The largest absolute Gasteiger partial charge is 0.377 e. The number of ether oxygens (including phenoxy) is 1. The molecule has 1 unspecified atom stereocenters. The molecule has 2 rings (SSSR count). The van der Waals surface area contributed by atoms with Crippen LogP contribution in [0, 0.1) is 0 Å². The molecule has 0 bridgehead atoms. The van der Waals surface area contributed by atoms with Gasteiger partial charge in [-0.3, -0.25) is 4.90 Å². The summed E-state index contributed by atoms with van der Waals surface area (Å²) >= 11 is 0. The first-order valence-electron chi connectivity index (χ1n) is 7.37. The fourth-order valence-corrected chi connectivity index (χ4v) is 3.51. The Hall–Kier alpha value is -0.120. The molecule has 0 aromatic carbocycles. The van der Waals surface area contributed by atoms with Gasteiger partial charge in [0, 0.05) is 25.2 Å². The first-order valence-corrected chi connectivity index (χ1v) is 7.37. The lowest BCUT2D eigenvalue weighted by atomic mass is 9.94. The second-order valence-electron chi connectivity index (χ2n) is 5.72. The first-order chi connectivity index (χ1) is 8.30. The number of nitrogens with zero attached hydrogens (tertiary/aromatic N) is 1. The van der Waals surface area contributed by atoms with Crippen molar-refractivity contribution in [2.75, 3.05) is 26.2 Å². The predicted octanol–water partition coefficient (Wildman–Crippen LogP) is 2.15. The Labute approximate surface area is 106 Å². The van der Waals surface area contributed by atoms with Crippen molar-refractivity contribution in [2.45, 2.75) is 63.5 Å². The van der Waals surface area contributed by atoms with Crippen molar-refractivity contribution in [1.82, 2.24) is 4.90 Å². The summed E-state index contributed by atoms with van der Waals surface area (Å²) in [4.78, 5) is 2.65. The van der Waals surface area contributed by atoms with E-state index < -0.39 is 0 Å². The number of rotatable bonds is 6. The van der Waals surface area contributed by atoms with Crippen LogP contribution in [0.2, 0.25) is 0 Å². The maximum atomic E-state index is 6.09. The molecule has 100 valence electrons. The third-order valence-electron chi connectivity index (χ3n) is 4.53. The zero-order chi connectivity index (χ0) is 12.1. The second-order valence-corrected chi connectivity index (χ2v) is 5.72. The molecule has 0 aromatic rings. The Kier molecular flexibility index (Phi) is 4.83. The summed E-state index contributed by atoms with van der Waals surface area (Å²) in [5.74, 6) is 0. The molecule has 1 saturated carbocycles. The van der Waals surface area contributed by atoms with E-state index in [1.54, 1.807) is 0 Å². The van der Waals surface area contributed by atoms with Gasteiger partial charge in [-0.15, -0.1) is 0 Å². The van der Waals surface area contributed by atoms with Crippen LogP contribution in [0.5, 0.6) is 0 Å². The minimum Gasteiger partial charge on any atom is -0.377 e. The lowest BCUT2D eigenvalue weighted by molar-refractivity contribution is 0.0231. The van der Waals surface area contributed by atoms with Crippen molar-refractivity contribution >= 4 is 0 Å². The van der Waals surface area contributed by atoms with E-state index in [4.69, 9.17) is 10.5 Å². The van der Waals surface area contributed by atoms with Crippen LogP contribution in [-0.2, 0) is 4.74 Å². The minimum absolute atomic E-state index is 0.294. The Bertz CT molecular complexity index is 220. The van der Waals surface area contributed by atoms with E-state index in [1.807, 2.05) is 0 Å². The Morgan fingerprint density at radius 1 is 1.29 bits per heavy atom. The molecule has 1 atom stereocenters. The van der Waals surface area contributed by atoms with Crippen LogP contribution >= 0.6 is 0 Å². The molecule has 1 aliphatic carbocycles. The standard InChI is InChI=1S/C14H28N2O/c1-2-9-16(11-13-6-5-10-17-13)14(12-15)7-3-4-8-14/h13H,2-12,15H2,1H3. The van der Waals surface area contributed by atoms with Gasteiger partial charge in [0.25, 0.3) is 0 Å². The molecular weight excluding hydrogens is 212 g/mol. The third-order valence-corrected chi connectivity index (χ3v) is 4.53. The molecule has 0 aromatic heterocycles. The van der Waals surface area contributed by atoms with Gasteiger partial charge in [-0.2, -0.15) is 0 Å². The summed E-state index contributed by atoms with van der Waals surface area (Å²) in [6, 6.07) is 0. The third kappa shape index (κ3) is 3.01. The lowest BCUT2D eigenvalue weighted by Crippen LogP contribution is -2.54. The van der Waals surface area contributed by atoms with E-state index in [9.17, 15) is 0 Å². The van der Waals surface area contributed by atoms with Gasteiger partial charge >= 0.3 is 0 Å². The van der Waals surface area contributed by atoms with Gasteiger partial charge in [0.15, 0.2) is 0 Å². The number of hydrogen-bond acceptors (Lipinski definition) is 3. The SMILES string of the molecule is CCCN(CC1CCCO1)C1(CN)CCCC1. The summed E-state index contributed by atoms with van der Waals surface area (Å²) in [5.41, 5.74) is 6.39. The van der Waals surface area contributed by atoms with Crippen molar-refractivity contribution in [3.05, 3.63) is 0 Å². The zero-order valence-electron chi connectivity index (χ0n) is 11.3. The molecule has 3 nitrogen and oxygen atoms in total. The van der Waals surface area contributed by atoms with E-state index >= 15 is 0 Å². The molecule has 1 aliphatic heterocycles. The van der Waals surface area contributed by atoms with E-state index in [0.29, 0.717) is 11.6 Å². The molecule has 2 N–H and O–H groups in total. The van der Waals surface area contributed by atoms with Gasteiger partial charge in [-0.05, 0) is 38.6 Å². The van der Waals surface area contributed by atoms with Crippen molar-refractivity contribution in [1.29, 1.82) is 0 Å². The summed E-state index contributed by atoms with van der Waals surface area (Å²) in [5, 5.41) is 0. The fraction of sp³-hybridized carbons (Fsp3) is 1.00. The first kappa shape index (κ1) is 13.3. The van der Waals surface area contributed by atoms with Crippen LogP contribution < -0.4 is 5.73 Å². The van der Waals surface area contributed by atoms with E-state index in [-0.39, 0.29) is 0 Å². The van der Waals surface area contributed by atoms with Gasteiger partial charge in [0.1, 0.15) is 0 Å². The Morgan fingerprint density at radius 2 is 2.06 bits per heavy atom. The topological polar surface area (TPSA) is 38.5 Å². The van der Waals surface area contributed by atoms with Crippen LogP contribution in [0.4, 0.5) is 0 Å². The highest BCUT2D eigenvalue weighted by atomic mass is 16.5. The smallest absolute Gasteiger partial charge is 0.0703 e. The maximum Gasteiger partial charge on any atom is 0.0703 e. The molecule has 2 aliphatic rings. The van der Waals surface area contributed by atoms with Crippen molar-refractivity contribution in [2.24, 2.45) is 5.73 Å². The molecule has 0 radical (unpaired) electrons. The molecular formula is C14H28N2O. The minimum atomic E-state index is 0.294. The van der Waals surface area contributed by atoms with Gasteiger partial charge in [-0.1, -0.05) is 19.8 Å². The molecule has 0 amide bonds. The highest BCUT2D eigenvalue weighted by Crippen LogP contribution is 2.35. The molecule has 1 saturated heterocycles. The zero-order valence-corrected chi connectivity index (χ0v) is 11.3. The van der Waals surface area contributed by atoms with Gasteiger partial charge in [0.05, 0.1) is 6.10 Å². The fourth-order valence-electron chi connectivity index (χ4n) is 3.51. The average Bonchev–Trinajstić information content (AvgIpc) is 3.00. The van der Waals surface area contributed by atoms with Crippen LogP contribution in [0.3, 0.4) is 0 Å². The molecule has 1 heterocycles. The van der Waals surface area contributed by atoms with Crippen LogP contribution in [0.15, 0.2) is 0 Å². The van der Waals surface area contributed by atoms with E-state index in [2.05, 4.69) is 11.8 Å². The van der Waals surface area contributed by atoms with Crippen LogP contribution in [-0.4, -0.2) is 42.8 Å². The summed E-state index contributed by atoms with van der Waals surface area (Å²) < 4.78 is 5.80. The Balaban J connectivity index is 1.98. The van der Waals surface area contributed by atoms with Crippen LogP contribution in [0.25, 0.3) is 0 Å². The average molecular weight is 240 g/mol. The molecule has 0 spiro atoms. The Morgan fingerprint density at radius 3 is 2.59 bits per heavy atom. The van der Waals surface area contributed by atoms with Crippen molar-refractivity contribution in [3.8, 4) is 0 Å². The van der Waals surface area contributed by atoms with E-state index in [1.165, 1.54) is 51.5 Å². The van der Waals surface area contributed by atoms with Crippen LogP contribution in [0.1, 0.15) is 51.9 Å². The molecule has 17 heavy (non-hydrogen) atoms. The summed E-state index contributed by atoms with van der Waals surface area (Å²) in [6.45, 7) is 6.32. The quantitative estimate of drug-likeness (QED) is 0.773. The van der Waals surface area contributed by atoms with Gasteiger partial charge in [0.2, 0.25) is 0 Å². The maximum absolute atomic E-state index is 6.09. The van der Waals surface area contributed by atoms with E-state index in [0.717, 1.165) is 19.7 Å². The highest BCUT2D eigenvalue weighted by molar-refractivity contribution is 4.96. The predicted molar refractivity (Wildman–Crippen MR) is 71.1 cm³/mol.